The highest BCUT2D eigenvalue weighted by Gasteiger charge is 2.28. The standard InChI is InChI=1S/C15H20N4O2/c20-14(12-9-18-19-8-7-16-10-13(12)19)17-11-15(21)5-3-1-2-4-6-15/h7-10,21H,1-6,11H2,(H,17,20). The fraction of sp³-hybridized carbons (Fsp3) is 0.533. The number of nitrogens with one attached hydrogen (secondary N) is 1. The normalized spacial score (nSPS) is 18.3. The van der Waals surface area contributed by atoms with Gasteiger partial charge in [0.25, 0.3) is 5.91 Å². The lowest BCUT2D eigenvalue weighted by molar-refractivity contribution is 0.0246. The molecule has 2 N–H and O–H groups in total. The molecule has 3 rings (SSSR count). The molecule has 0 aromatic carbocycles. The van der Waals surface area contributed by atoms with Crippen LogP contribution in [0.2, 0.25) is 0 Å². The van der Waals surface area contributed by atoms with Crippen LogP contribution in [0.1, 0.15) is 48.9 Å². The molecule has 1 aliphatic carbocycles. The van der Waals surface area contributed by atoms with E-state index in [1.165, 1.54) is 6.20 Å². The van der Waals surface area contributed by atoms with Gasteiger partial charge >= 0.3 is 0 Å². The van der Waals surface area contributed by atoms with Gasteiger partial charge in [0.2, 0.25) is 0 Å². The second-order valence-electron chi connectivity index (χ2n) is 5.79. The molecule has 0 bridgehead atoms. The van der Waals surface area contributed by atoms with Gasteiger partial charge in [-0.2, -0.15) is 5.10 Å². The zero-order chi connectivity index (χ0) is 14.7. The third-order valence-electron chi connectivity index (χ3n) is 4.18. The molecule has 0 unspecified atom stereocenters. The molecule has 2 heterocycles. The van der Waals surface area contributed by atoms with Crippen molar-refractivity contribution < 1.29 is 9.90 Å². The number of amides is 1. The van der Waals surface area contributed by atoms with Crippen molar-refractivity contribution in [1.29, 1.82) is 0 Å². The summed E-state index contributed by atoms with van der Waals surface area (Å²) in [5.74, 6) is -0.212. The molecule has 6 heteroatoms. The molecule has 0 aliphatic heterocycles. The van der Waals surface area contributed by atoms with E-state index in [4.69, 9.17) is 0 Å². The minimum atomic E-state index is -0.770. The van der Waals surface area contributed by atoms with Gasteiger partial charge in [0.15, 0.2) is 0 Å². The third-order valence-corrected chi connectivity index (χ3v) is 4.18. The molecule has 1 fully saturated rings. The van der Waals surface area contributed by atoms with Crippen LogP contribution in [0.5, 0.6) is 0 Å². The minimum Gasteiger partial charge on any atom is -0.388 e. The molecule has 0 saturated heterocycles. The smallest absolute Gasteiger partial charge is 0.255 e. The van der Waals surface area contributed by atoms with Gasteiger partial charge in [-0.25, -0.2) is 4.52 Å². The zero-order valence-electron chi connectivity index (χ0n) is 12.0. The Hall–Kier alpha value is -1.95. The Balaban J connectivity index is 1.69. The number of aromatic nitrogens is 3. The highest BCUT2D eigenvalue weighted by atomic mass is 16.3. The van der Waals surface area contributed by atoms with E-state index in [0.29, 0.717) is 17.6 Å². The largest absolute Gasteiger partial charge is 0.388 e. The minimum absolute atomic E-state index is 0.212. The Labute approximate surface area is 123 Å². The van der Waals surface area contributed by atoms with Crippen LogP contribution in [0, 0.1) is 0 Å². The van der Waals surface area contributed by atoms with Gasteiger partial charge in [-0.15, -0.1) is 0 Å². The maximum absolute atomic E-state index is 12.3. The maximum atomic E-state index is 12.3. The monoisotopic (exact) mass is 288 g/mol. The van der Waals surface area contributed by atoms with Gasteiger partial charge in [-0.05, 0) is 12.8 Å². The van der Waals surface area contributed by atoms with Crippen molar-refractivity contribution >= 4 is 11.4 Å². The first kappa shape index (κ1) is 14.0. The number of carbonyl (C=O) groups excluding carboxylic acids is 1. The van der Waals surface area contributed by atoms with Crippen molar-refractivity contribution in [2.24, 2.45) is 0 Å². The quantitative estimate of drug-likeness (QED) is 0.840. The van der Waals surface area contributed by atoms with E-state index < -0.39 is 5.60 Å². The van der Waals surface area contributed by atoms with E-state index in [-0.39, 0.29) is 5.91 Å². The fourth-order valence-corrected chi connectivity index (χ4v) is 2.91. The first-order chi connectivity index (χ1) is 10.2. The second kappa shape index (κ2) is 5.81. The summed E-state index contributed by atoms with van der Waals surface area (Å²) < 4.78 is 1.61. The molecular formula is C15H20N4O2. The summed E-state index contributed by atoms with van der Waals surface area (Å²) in [5, 5.41) is 17.5. The molecule has 1 saturated carbocycles. The highest BCUT2D eigenvalue weighted by Crippen LogP contribution is 2.26. The van der Waals surface area contributed by atoms with Crippen molar-refractivity contribution in [3.05, 3.63) is 30.4 Å². The molecule has 21 heavy (non-hydrogen) atoms. The van der Waals surface area contributed by atoms with Gasteiger partial charge < -0.3 is 10.4 Å². The summed E-state index contributed by atoms with van der Waals surface area (Å²) in [5.41, 5.74) is 0.385. The summed E-state index contributed by atoms with van der Waals surface area (Å²) in [6.45, 7) is 0.295. The van der Waals surface area contributed by atoms with Gasteiger partial charge in [-0.3, -0.25) is 9.78 Å². The molecule has 1 aliphatic rings. The molecule has 2 aromatic heterocycles. The molecule has 6 nitrogen and oxygen atoms in total. The van der Waals surface area contributed by atoms with E-state index in [2.05, 4.69) is 15.4 Å². The molecule has 0 radical (unpaired) electrons. The molecule has 0 atom stereocenters. The van der Waals surface area contributed by atoms with E-state index in [9.17, 15) is 9.90 Å². The van der Waals surface area contributed by atoms with Crippen LogP contribution in [0.25, 0.3) is 5.52 Å². The van der Waals surface area contributed by atoms with Gasteiger partial charge in [-0.1, -0.05) is 25.7 Å². The summed E-state index contributed by atoms with van der Waals surface area (Å²) in [4.78, 5) is 16.3. The molecule has 1 amide bonds. The van der Waals surface area contributed by atoms with Crippen LogP contribution in [0.3, 0.4) is 0 Å². The van der Waals surface area contributed by atoms with Crippen LogP contribution in [0.15, 0.2) is 24.8 Å². The topological polar surface area (TPSA) is 79.5 Å². The zero-order valence-corrected chi connectivity index (χ0v) is 12.0. The van der Waals surface area contributed by atoms with Crippen molar-refractivity contribution in [1.82, 2.24) is 19.9 Å². The predicted molar refractivity (Wildman–Crippen MR) is 78.0 cm³/mol. The lowest BCUT2D eigenvalue weighted by atomic mass is 9.94. The van der Waals surface area contributed by atoms with Crippen molar-refractivity contribution in [3.8, 4) is 0 Å². The Morgan fingerprint density at radius 2 is 2.05 bits per heavy atom. The van der Waals surface area contributed by atoms with Crippen LogP contribution in [-0.2, 0) is 0 Å². The molecule has 112 valence electrons. The predicted octanol–water partition coefficient (Wildman–Crippen LogP) is 1.54. The van der Waals surface area contributed by atoms with Crippen LogP contribution >= 0.6 is 0 Å². The van der Waals surface area contributed by atoms with Gasteiger partial charge in [0.1, 0.15) is 0 Å². The number of fused-ring (bicyclic) bond motifs is 1. The number of carbonyl (C=O) groups is 1. The summed E-state index contributed by atoms with van der Waals surface area (Å²) in [6, 6.07) is 0. The Morgan fingerprint density at radius 3 is 2.81 bits per heavy atom. The lowest BCUT2D eigenvalue weighted by Crippen LogP contribution is -2.42. The summed E-state index contributed by atoms with van der Waals surface area (Å²) in [7, 11) is 0. The van der Waals surface area contributed by atoms with Crippen LogP contribution in [0.4, 0.5) is 0 Å². The number of hydrogen-bond acceptors (Lipinski definition) is 4. The lowest BCUT2D eigenvalue weighted by Gasteiger charge is -2.26. The SMILES string of the molecule is O=C(NCC1(O)CCCCCC1)c1cnn2ccncc12. The van der Waals surface area contributed by atoms with Crippen molar-refractivity contribution in [2.75, 3.05) is 6.54 Å². The second-order valence-corrected chi connectivity index (χ2v) is 5.79. The van der Waals surface area contributed by atoms with Crippen LogP contribution < -0.4 is 5.32 Å². The van der Waals surface area contributed by atoms with Crippen molar-refractivity contribution in [3.63, 3.8) is 0 Å². The van der Waals surface area contributed by atoms with E-state index in [1.807, 2.05) is 0 Å². The van der Waals surface area contributed by atoms with Gasteiger partial charge in [0, 0.05) is 18.9 Å². The molecule has 2 aromatic rings. The number of rotatable bonds is 3. The van der Waals surface area contributed by atoms with E-state index in [0.717, 1.165) is 38.5 Å². The number of nitrogens with zero attached hydrogens (tertiary/aromatic N) is 3. The Bertz CT molecular complexity index is 629. The number of aliphatic hydroxyl groups is 1. The van der Waals surface area contributed by atoms with Crippen LogP contribution in [-0.4, -0.2) is 37.8 Å². The first-order valence-electron chi connectivity index (χ1n) is 7.46. The first-order valence-corrected chi connectivity index (χ1v) is 7.46. The third kappa shape index (κ3) is 3.05. The van der Waals surface area contributed by atoms with Gasteiger partial charge in [0.05, 0.1) is 29.1 Å². The average Bonchev–Trinajstić information content (AvgIpc) is 2.81. The summed E-state index contributed by atoms with van der Waals surface area (Å²) in [6.07, 6.45) is 12.3. The number of hydrogen-bond donors (Lipinski definition) is 2. The van der Waals surface area contributed by atoms with E-state index in [1.54, 1.807) is 23.1 Å². The molecular weight excluding hydrogens is 268 g/mol. The Kier molecular flexibility index (Phi) is 3.88. The maximum Gasteiger partial charge on any atom is 0.255 e. The average molecular weight is 288 g/mol. The van der Waals surface area contributed by atoms with Crippen molar-refractivity contribution in [2.45, 2.75) is 44.1 Å². The summed E-state index contributed by atoms with van der Waals surface area (Å²) >= 11 is 0. The van der Waals surface area contributed by atoms with E-state index >= 15 is 0 Å². The Morgan fingerprint density at radius 1 is 1.29 bits per heavy atom. The fourth-order valence-electron chi connectivity index (χ4n) is 2.91. The highest BCUT2D eigenvalue weighted by molar-refractivity contribution is 6.00. The molecule has 0 spiro atoms.